The second kappa shape index (κ2) is 3.42. The molecule has 1 aliphatic rings. The number of allylic oxidation sites excluding steroid dienone is 2. The van der Waals surface area contributed by atoms with Gasteiger partial charge in [-0.1, -0.05) is 31.9 Å². The first-order valence-electron chi connectivity index (χ1n) is 4.79. The maximum absolute atomic E-state index is 2.36. The summed E-state index contributed by atoms with van der Waals surface area (Å²) in [7, 11) is 0. The summed E-state index contributed by atoms with van der Waals surface area (Å²) in [5.74, 6) is 1.71. The highest BCUT2D eigenvalue weighted by Crippen LogP contribution is 2.32. The van der Waals surface area contributed by atoms with E-state index in [-0.39, 0.29) is 0 Å². The Morgan fingerprint density at radius 2 is 2.00 bits per heavy atom. The van der Waals surface area contributed by atoms with Gasteiger partial charge in [-0.3, -0.25) is 0 Å². The van der Waals surface area contributed by atoms with Crippen molar-refractivity contribution >= 4 is 0 Å². The van der Waals surface area contributed by atoms with Crippen LogP contribution in [0.25, 0.3) is 0 Å². The van der Waals surface area contributed by atoms with Crippen LogP contribution in [0.2, 0.25) is 0 Å². The predicted octanol–water partition coefficient (Wildman–Crippen LogP) is 3.78. The van der Waals surface area contributed by atoms with Gasteiger partial charge in [0.1, 0.15) is 0 Å². The predicted molar refractivity (Wildman–Crippen MR) is 50.6 cm³/mol. The molecule has 0 aromatic carbocycles. The molecule has 1 rings (SSSR count). The lowest BCUT2D eigenvalue weighted by atomic mass is 9.81. The van der Waals surface area contributed by atoms with Crippen LogP contribution >= 0.6 is 0 Å². The molecule has 0 saturated heterocycles. The number of hydrogen-bond donors (Lipinski definition) is 0. The summed E-state index contributed by atoms with van der Waals surface area (Å²) in [5.41, 5.74) is 3.39. The molecule has 0 heterocycles. The third-order valence-corrected chi connectivity index (χ3v) is 2.81. The zero-order chi connectivity index (χ0) is 8.43. The van der Waals surface area contributed by atoms with Gasteiger partial charge < -0.3 is 0 Å². The van der Waals surface area contributed by atoms with Gasteiger partial charge in [-0.25, -0.2) is 0 Å². The van der Waals surface area contributed by atoms with Gasteiger partial charge in [-0.15, -0.1) is 0 Å². The molecule has 0 N–H and O–H groups in total. The van der Waals surface area contributed by atoms with Crippen LogP contribution in [0.5, 0.6) is 0 Å². The molecule has 0 aromatic rings. The van der Waals surface area contributed by atoms with Crippen LogP contribution in [0, 0.1) is 11.8 Å². The molecule has 0 saturated carbocycles. The Hall–Kier alpha value is -0.260. The van der Waals surface area contributed by atoms with Crippen molar-refractivity contribution in [3.8, 4) is 0 Å². The first-order chi connectivity index (χ1) is 5.11. The van der Waals surface area contributed by atoms with Gasteiger partial charge in [0.05, 0.1) is 0 Å². The third kappa shape index (κ3) is 2.08. The van der Waals surface area contributed by atoms with Crippen LogP contribution in [0.1, 0.15) is 47.0 Å². The van der Waals surface area contributed by atoms with E-state index in [9.17, 15) is 0 Å². The largest absolute Gasteiger partial charge is 0.0736 e. The van der Waals surface area contributed by atoms with Crippen molar-refractivity contribution in [2.45, 2.75) is 47.0 Å². The molecule has 0 heteroatoms. The molecule has 0 unspecified atom stereocenters. The van der Waals surface area contributed by atoms with E-state index in [0.717, 1.165) is 11.8 Å². The molecule has 0 spiro atoms. The fourth-order valence-electron chi connectivity index (χ4n) is 2.15. The second-order valence-electron chi connectivity index (χ2n) is 4.31. The molecule has 0 fully saturated rings. The topological polar surface area (TPSA) is 0 Å². The van der Waals surface area contributed by atoms with Crippen LogP contribution in [-0.4, -0.2) is 0 Å². The Kier molecular flexibility index (Phi) is 2.75. The lowest BCUT2D eigenvalue weighted by Gasteiger charge is -2.25. The Bertz CT molecular complexity index is 163. The van der Waals surface area contributed by atoms with E-state index < -0.39 is 0 Å². The third-order valence-electron chi connectivity index (χ3n) is 2.81. The average molecular weight is 152 g/mol. The first-order valence-corrected chi connectivity index (χ1v) is 4.79. The molecular formula is C11H20. The van der Waals surface area contributed by atoms with Gasteiger partial charge >= 0.3 is 0 Å². The first kappa shape index (κ1) is 8.83. The van der Waals surface area contributed by atoms with E-state index in [4.69, 9.17) is 0 Å². The van der Waals surface area contributed by atoms with Crippen LogP contribution in [0.3, 0.4) is 0 Å². The van der Waals surface area contributed by atoms with Crippen LogP contribution in [-0.2, 0) is 0 Å². The summed E-state index contributed by atoms with van der Waals surface area (Å²) in [6, 6.07) is 0. The maximum atomic E-state index is 2.36. The molecule has 1 atom stereocenters. The fourth-order valence-corrected chi connectivity index (χ4v) is 2.15. The lowest BCUT2D eigenvalue weighted by molar-refractivity contribution is 0.472. The van der Waals surface area contributed by atoms with E-state index >= 15 is 0 Å². The summed E-state index contributed by atoms with van der Waals surface area (Å²) in [5, 5.41) is 0. The van der Waals surface area contributed by atoms with Crippen molar-refractivity contribution < 1.29 is 0 Å². The van der Waals surface area contributed by atoms with Gasteiger partial charge in [0.15, 0.2) is 0 Å². The SMILES string of the molecule is CC1=C(C(C)C)CC[C@H](C)C1. The summed E-state index contributed by atoms with van der Waals surface area (Å²) in [6.07, 6.45) is 4.10. The standard InChI is InChI=1S/C11H20/c1-8(2)11-6-5-9(3)7-10(11)4/h8-9H,5-7H2,1-4H3/t9-/m0/s1. The molecule has 11 heavy (non-hydrogen) atoms. The van der Waals surface area contributed by atoms with Crippen LogP contribution in [0.4, 0.5) is 0 Å². The Balaban J connectivity index is 2.70. The second-order valence-corrected chi connectivity index (χ2v) is 4.31. The number of rotatable bonds is 1. The summed E-state index contributed by atoms with van der Waals surface area (Å²) in [4.78, 5) is 0. The Labute approximate surface area is 70.7 Å². The zero-order valence-electron chi connectivity index (χ0n) is 8.28. The van der Waals surface area contributed by atoms with Crippen molar-refractivity contribution in [3.05, 3.63) is 11.1 Å². The molecule has 1 aliphatic carbocycles. The van der Waals surface area contributed by atoms with E-state index in [2.05, 4.69) is 27.7 Å². The van der Waals surface area contributed by atoms with Crippen molar-refractivity contribution in [3.63, 3.8) is 0 Å². The average Bonchev–Trinajstić information content (AvgIpc) is 1.85. The molecule has 0 radical (unpaired) electrons. The van der Waals surface area contributed by atoms with E-state index in [1.165, 1.54) is 19.3 Å². The van der Waals surface area contributed by atoms with Crippen LogP contribution < -0.4 is 0 Å². The van der Waals surface area contributed by atoms with Crippen molar-refractivity contribution in [2.75, 3.05) is 0 Å². The highest BCUT2D eigenvalue weighted by Gasteiger charge is 2.16. The van der Waals surface area contributed by atoms with Crippen molar-refractivity contribution in [2.24, 2.45) is 11.8 Å². The summed E-state index contributed by atoms with van der Waals surface area (Å²) in [6.45, 7) is 9.30. The van der Waals surface area contributed by atoms with E-state index in [0.29, 0.717) is 0 Å². The van der Waals surface area contributed by atoms with Crippen LogP contribution in [0.15, 0.2) is 11.1 Å². The highest BCUT2D eigenvalue weighted by molar-refractivity contribution is 5.17. The van der Waals surface area contributed by atoms with Crippen molar-refractivity contribution in [1.29, 1.82) is 0 Å². The molecular weight excluding hydrogens is 132 g/mol. The molecule has 0 bridgehead atoms. The molecule has 0 aliphatic heterocycles. The monoisotopic (exact) mass is 152 g/mol. The summed E-state index contributed by atoms with van der Waals surface area (Å²) >= 11 is 0. The minimum Gasteiger partial charge on any atom is -0.0736 e. The normalized spacial score (nSPS) is 26.5. The highest BCUT2D eigenvalue weighted by atomic mass is 14.2. The maximum Gasteiger partial charge on any atom is -0.0258 e. The Morgan fingerprint density at radius 1 is 1.36 bits per heavy atom. The minimum absolute atomic E-state index is 0.780. The van der Waals surface area contributed by atoms with E-state index in [1.54, 1.807) is 11.1 Å². The quantitative estimate of drug-likeness (QED) is 0.502. The van der Waals surface area contributed by atoms with Gasteiger partial charge in [-0.2, -0.15) is 0 Å². The number of hydrogen-bond acceptors (Lipinski definition) is 0. The molecule has 0 aromatic heterocycles. The van der Waals surface area contributed by atoms with Gasteiger partial charge in [0.2, 0.25) is 0 Å². The van der Waals surface area contributed by atoms with Crippen molar-refractivity contribution in [1.82, 2.24) is 0 Å². The van der Waals surface area contributed by atoms with Gasteiger partial charge in [0, 0.05) is 0 Å². The molecule has 0 nitrogen and oxygen atoms in total. The molecule has 64 valence electrons. The Morgan fingerprint density at radius 3 is 2.45 bits per heavy atom. The minimum atomic E-state index is 0.780. The lowest BCUT2D eigenvalue weighted by Crippen LogP contribution is -2.09. The smallest absolute Gasteiger partial charge is 0.0258 e. The zero-order valence-corrected chi connectivity index (χ0v) is 8.28. The van der Waals surface area contributed by atoms with Gasteiger partial charge in [0.25, 0.3) is 0 Å². The summed E-state index contributed by atoms with van der Waals surface area (Å²) < 4.78 is 0. The van der Waals surface area contributed by atoms with E-state index in [1.807, 2.05) is 0 Å². The molecule has 0 amide bonds. The fraction of sp³-hybridized carbons (Fsp3) is 0.818. The van der Waals surface area contributed by atoms with Gasteiger partial charge in [-0.05, 0) is 38.0 Å².